The number of hydrogen-bond acceptors (Lipinski definition) is 4. The first-order valence-corrected chi connectivity index (χ1v) is 6.01. The summed E-state index contributed by atoms with van der Waals surface area (Å²) in [5.41, 5.74) is 1.62. The summed E-state index contributed by atoms with van der Waals surface area (Å²) in [7, 11) is 1.75. The Bertz CT molecular complexity index is 389. The summed E-state index contributed by atoms with van der Waals surface area (Å²) >= 11 is 0. The fourth-order valence-corrected chi connectivity index (χ4v) is 2.07. The molecule has 1 aliphatic rings. The number of hydrogen-bond donors (Lipinski definition) is 0. The maximum atomic E-state index is 11.4. The van der Waals surface area contributed by atoms with Crippen molar-refractivity contribution < 1.29 is 9.53 Å². The molecule has 0 aromatic carbocycles. The third-order valence-corrected chi connectivity index (χ3v) is 3.20. The first-order chi connectivity index (χ1) is 8.24. The number of aromatic nitrogens is 1. The fourth-order valence-electron chi connectivity index (χ4n) is 2.07. The van der Waals surface area contributed by atoms with E-state index < -0.39 is 0 Å². The predicted octanol–water partition coefficient (Wildman–Crippen LogP) is 1.90. The molecule has 1 atom stereocenters. The van der Waals surface area contributed by atoms with Gasteiger partial charge in [-0.3, -0.25) is 9.78 Å². The van der Waals surface area contributed by atoms with Crippen molar-refractivity contribution in [2.24, 2.45) is 0 Å². The number of pyridine rings is 1. The van der Waals surface area contributed by atoms with Gasteiger partial charge in [-0.15, -0.1) is 0 Å². The molecule has 0 spiro atoms. The van der Waals surface area contributed by atoms with Gasteiger partial charge in [-0.2, -0.15) is 0 Å². The molecule has 1 fully saturated rings. The quantitative estimate of drug-likeness (QED) is 0.746. The van der Waals surface area contributed by atoms with Crippen LogP contribution < -0.4 is 4.90 Å². The maximum absolute atomic E-state index is 11.4. The van der Waals surface area contributed by atoms with Crippen molar-refractivity contribution in [2.75, 3.05) is 25.1 Å². The molecule has 2 heterocycles. The Kier molecular flexibility index (Phi) is 3.74. The zero-order valence-electron chi connectivity index (χ0n) is 10.3. The highest BCUT2D eigenvalue weighted by atomic mass is 16.5. The van der Waals surface area contributed by atoms with Gasteiger partial charge >= 0.3 is 0 Å². The standard InChI is InChI=1S/C13H18N2O2/c1-3-13(16)12-5-4-10(8-14-12)15-7-6-11(9-15)17-2/h4-5,8,11H,3,6-7,9H2,1-2H3. The maximum Gasteiger partial charge on any atom is 0.180 e. The zero-order chi connectivity index (χ0) is 12.3. The van der Waals surface area contributed by atoms with E-state index in [2.05, 4.69) is 9.88 Å². The average molecular weight is 234 g/mol. The normalized spacial score (nSPS) is 19.6. The zero-order valence-corrected chi connectivity index (χ0v) is 10.3. The minimum Gasteiger partial charge on any atom is -0.380 e. The van der Waals surface area contributed by atoms with Crippen LogP contribution in [0.5, 0.6) is 0 Å². The molecule has 1 unspecified atom stereocenters. The third-order valence-electron chi connectivity index (χ3n) is 3.20. The molecule has 0 N–H and O–H groups in total. The second kappa shape index (κ2) is 5.27. The lowest BCUT2D eigenvalue weighted by atomic mass is 10.2. The van der Waals surface area contributed by atoms with Crippen LogP contribution in [0.3, 0.4) is 0 Å². The van der Waals surface area contributed by atoms with Gasteiger partial charge in [0.05, 0.1) is 18.0 Å². The highest BCUT2D eigenvalue weighted by molar-refractivity contribution is 5.94. The minimum absolute atomic E-state index is 0.0905. The largest absolute Gasteiger partial charge is 0.380 e. The molecule has 92 valence electrons. The number of Topliss-reactive ketones (excluding diaryl/α,β-unsaturated/α-hetero) is 1. The third kappa shape index (κ3) is 2.64. The highest BCUT2D eigenvalue weighted by Gasteiger charge is 2.22. The van der Waals surface area contributed by atoms with E-state index >= 15 is 0 Å². The van der Waals surface area contributed by atoms with Crippen LogP contribution in [0.4, 0.5) is 5.69 Å². The molecule has 1 saturated heterocycles. The van der Waals surface area contributed by atoms with Crippen LogP contribution >= 0.6 is 0 Å². The highest BCUT2D eigenvalue weighted by Crippen LogP contribution is 2.21. The summed E-state index contributed by atoms with van der Waals surface area (Å²) in [6, 6.07) is 3.77. The van der Waals surface area contributed by atoms with Crippen LogP contribution in [-0.4, -0.2) is 37.1 Å². The van der Waals surface area contributed by atoms with Gasteiger partial charge in [-0.25, -0.2) is 0 Å². The Balaban J connectivity index is 2.06. The van der Waals surface area contributed by atoms with E-state index in [0.717, 1.165) is 25.2 Å². The van der Waals surface area contributed by atoms with E-state index in [0.29, 0.717) is 18.2 Å². The number of anilines is 1. The van der Waals surface area contributed by atoms with Crippen LogP contribution in [0, 0.1) is 0 Å². The lowest BCUT2D eigenvalue weighted by Crippen LogP contribution is -2.22. The summed E-state index contributed by atoms with van der Waals surface area (Å²) in [5, 5.41) is 0. The lowest BCUT2D eigenvalue weighted by Gasteiger charge is -2.17. The van der Waals surface area contributed by atoms with Crippen LogP contribution in [0.1, 0.15) is 30.3 Å². The number of nitrogens with zero attached hydrogens (tertiary/aromatic N) is 2. The van der Waals surface area contributed by atoms with Crippen LogP contribution in [0.2, 0.25) is 0 Å². The van der Waals surface area contributed by atoms with Gasteiger partial charge < -0.3 is 9.64 Å². The fraction of sp³-hybridized carbons (Fsp3) is 0.538. The first-order valence-electron chi connectivity index (χ1n) is 6.01. The number of carbonyl (C=O) groups excluding carboxylic acids is 1. The minimum atomic E-state index is 0.0905. The summed E-state index contributed by atoms with van der Waals surface area (Å²) in [5.74, 6) is 0.0905. The van der Waals surface area contributed by atoms with Crippen LogP contribution in [0.15, 0.2) is 18.3 Å². The molecular formula is C13H18N2O2. The molecule has 1 aromatic heterocycles. The van der Waals surface area contributed by atoms with Crippen molar-refractivity contribution in [1.82, 2.24) is 4.98 Å². The van der Waals surface area contributed by atoms with Crippen LogP contribution in [0.25, 0.3) is 0 Å². The number of ether oxygens (including phenoxy) is 1. The number of methoxy groups -OCH3 is 1. The monoisotopic (exact) mass is 234 g/mol. The summed E-state index contributed by atoms with van der Waals surface area (Å²) in [6.45, 7) is 3.74. The van der Waals surface area contributed by atoms with Crippen molar-refractivity contribution in [3.8, 4) is 0 Å². The number of carbonyl (C=O) groups is 1. The summed E-state index contributed by atoms with van der Waals surface area (Å²) in [6.07, 6.45) is 3.64. The van der Waals surface area contributed by atoms with Gasteiger partial charge in [-0.05, 0) is 18.6 Å². The Morgan fingerprint density at radius 3 is 2.94 bits per heavy atom. The molecule has 0 bridgehead atoms. The number of rotatable bonds is 4. The average Bonchev–Trinajstić information content (AvgIpc) is 2.87. The van der Waals surface area contributed by atoms with Gasteiger partial charge in [0.1, 0.15) is 5.69 Å². The number of ketones is 1. The van der Waals surface area contributed by atoms with E-state index in [9.17, 15) is 4.79 Å². The topological polar surface area (TPSA) is 42.4 Å². The van der Waals surface area contributed by atoms with E-state index in [1.165, 1.54) is 0 Å². The predicted molar refractivity (Wildman–Crippen MR) is 66.5 cm³/mol. The second-order valence-electron chi connectivity index (χ2n) is 4.27. The van der Waals surface area contributed by atoms with Gasteiger partial charge in [0.15, 0.2) is 5.78 Å². The molecule has 4 heteroatoms. The van der Waals surface area contributed by atoms with E-state index in [1.54, 1.807) is 19.4 Å². The van der Waals surface area contributed by atoms with Gasteiger partial charge in [0.2, 0.25) is 0 Å². The van der Waals surface area contributed by atoms with E-state index in [-0.39, 0.29) is 5.78 Å². The Hall–Kier alpha value is -1.42. The van der Waals surface area contributed by atoms with Crippen molar-refractivity contribution >= 4 is 11.5 Å². The molecule has 0 radical (unpaired) electrons. The molecule has 0 saturated carbocycles. The van der Waals surface area contributed by atoms with Gasteiger partial charge in [0.25, 0.3) is 0 Å². The molecule has 0 aliphatic carbocycles. The van der Waals surface area contributed by atoms with E-state index in [4.69, 9.17) is 4.74 Å². The molecular weight excluding hydrogens is 216 g/mol. The van der Waals surface area contributed by atoms with Gasteiger partial charge in [-0.1, -0.05) is 6.92 Å². The molecule has 4 nitrogen and oxygen atoms in total. The Morgan fingerprint density at radius 2 is 2.41 bits per heavy atom. The summed E-state index contributed by atoms with van der Waals surface area (Å²) < 4.78 is 5.33. The van der Waals surface area contributed by atoms with Crippen molar-refractivity contribution in [1.29, 1.82) is 0 Å². The second-order valence-corrected chi connectivity index (χ2v) is 4.27. The lowest BCUT2D eigenvalue weighted by molar-refractivity contribution is 0.0983. The van der Waals surface area contributed by atoms with Gasteiger partial charge in [0, 0.05) is 26.6 Å². The van der Waals surface area contributed by atoms with Crippen LogP contribution in [-0.2, 0) is 4.74 Å². The molecule has 17 heavy (non-hydrogen) atoms. The molecule has 1 aromatic rings. The van der Waals surface area contributed by atoms with Crippen molar-refractivity contribution in [3.63, 3.8) is 0 Å². The molecule has 2 rings (SSSR count). The summed E-state index contributed by atoms with van der Waals surface area (Å²) in [4.78, 5) is 17.9. The SMILES string of the molecule is CCC(=O)c1ccc(N2CCC(OC)C2)cn1. The van der Waals surface area contributed by atoms with Crippen molar-refractivity contribution in [2.45, 2.75) is 25.9 Å². The van der Waals surface area contributed by atoms with E-state index in [1.807, 2.05) is 13.0 Å². The Labute approximate surface area is 102 Å². The molecule has 0 amide bonds. The van der Waals surface area contributed by atoms with Crippen molar-refractivity contribution in [3.05, 3.63) is 24.0 Å². The molecule has 1 aliphatic heterocycles. The first kappa shape index (κ1) is 12.0. The Morgan fingerprint density at radius 1 is 1.59 bits per heavy atom. The smallest absolute Gasteiger partial charge is 0.180 e.